The molecule has 0 saturated heterocycles. The van der Waals surface area contributed by atoms with Crippen LogP contribution in [-0.2, 0) is 16.1 Å². The SMILES string of the molecule is CC(C)N(Cc1ccc([N+](=O)[O-])cc1)C(=O)CNC(=O)CN.Cl. The average molecular weight is 345 g/mol. The summed E-state index contributed by atoms with van der Waals surface area (Å²) in [6, 6.07) is 5.94. The average Bonchev–Trinajstić information content (AvgIpc) is 2.49. The van der Waals surface area contributed by atoms with Crippen LogP contribution in [0, 0.1) is 10.1 Å². The van der Waals surface area contributed by atoms with Gasteiger partial charge in [-0.3, -0.25) is 19.7 Å². The van der Waals surface area contributed by atoms with Gasteiger partial charge in [-0.15, -0.1) is 12.4 Å². The Labute approximate surface area is 140 Å². The molecule has 9 heteroatoms. The first kappa shape index (κ1) is 20.8. The van der Waals surface area contributed by atoms with E-state index in [4.69, 9.17) is 5.73 Å². The van der Waals surface area contributed by atoms with Gasteiger partial charge in [0.15, 0.2) is 0 Å². The topological polar surface area (TPSA) is 119 Å². The summed E-state index contributed by atoms with van der Waals surface area (Å²) >= 11 is 0. The van der Waals surface area contributed by atoms with Gasteiger partial charge in [0, 0.05) is 24.7 Å². The molecule has 3 N–H and O–H groups in total. The highest BCUT2D eigenvalue weighted by molar-refractivity contribution is 5.86. The van der Waals surface area contributed by atoms with Gasteiger partial charge < -0.3 is 16.0 Å². The number of benzene rings is 1. The third kappa shape index (κ3) is 6.62. The molecule has 0 heterocycles. The number of nitro groups is 1. The van der Waals surface area contributed by atoms with E-state index in [1.807, 2.05) is 13.8 Å². The Bertz CT molecular complexity index is 548. The molecule has 0 spiro atoms. The minimum atomic E-state index is -0.475. The number of non-ortho nitro benzene ring substituents is 1. The first-order valence-corrected chi connectivity index (χ1v) is 6.84. The second kappa shape index (κ2) is 9.75. The van der Waals surface area contributed by atoms with E-state index in [2.05, 4.69) is 5.32 Å². The van der Waals surface area contributed by atoms with Crippen molar-refractivity contribution in [3.8, 4) is 0 Å². The first-order valence-electron chi connectivity index (χ1n) is 6.84. The highest BCUT2D eigenvalue weighted by Gasteiger charge is 2.18. The highest BCUT2D eigenvalue weighted by Crippen LogP contribution is 2.14. The molecule has 128 valence electrons. The van der Waals surface area contributed by atoms with Crippen LogP contribution >= 0.6 is 12.4 Å². The van der Waals surface area contributed by atoms with Crippen LogP contribution in [0.5, 0.6) is 0 Å². The summed E-state index contributed by atoms with van der Waals surface area (Å²) in [5.41, 5.74) is 5.94. The number of amides is 2. The van der Waals surface area contributed by atoms with Crippen molar-refractivity contribution in [2.45, 2.75) is 26.4 Å². The second-order valence-corrected chi connectivity index (χ2v) is 5.02. The van der Waals surface area contributed by atoms with Gasteiger partial charge in [0.1, 0.15) is 0 Å². The Morgan fingerprint density at radius 1 is 1.30 bits per heavy atom. The van der Waals surface area contributed by atoms with Crippen molar-refractivity contribution in [3.63, 3.8) is 0 Å². The lowest BCUT2D eigenvalue weighted by molar-refractivity contribution is -0.384. The minimum Gasteiger partial charge on any atom is -0.346 e. The molecule has 0 fully saturated rings. The van der Waals surface area contributed by atoms with Gasteiger partial charge in [-0.05, 0) is 19.4 Å². The molecule has 1 aromatic rings. The van der Waals surface area contributed by atoms with E-state index < -0.39 is 10.8 Å². The predicted molar refractivity (Wildman–Crippen MR) is 88.1 cm³/mol. The molecule has 0 aliphatic carbocycles. The van der Waals surface area contributed by atoms with Crippen LogP contribution in [-0.4, -0.2) is 40.8 Å². The van der Waals surface area contributed by atoms with Crippen molar-refractivity contribution in [2.24, 2.45) is 5.73 Å². The molecule has 1 rings (SSSR count). The number of rotatable bonds is 7. The van der Waals surface area contributed by atoms with Gasteiger partial charge in [0.05, 0.1) is 18.0 Å². The number of nitrogens with one attached hydrogen (secondary N) is 1. The standard InChI is InChI=1S/C14H20N4O4.ClH/c1-10(2)17(14(20)8-16-13(19)7-15)9-11-3-5-12(6-4-11)18(21)22;/h3-6,10H,7-9,15H2,1-2H3,(H,16,19);1H. The number of halogens is 1. The fourth-order valence-corrected chi connectivity index (χ4v) is 1.83. The third-order valence-corrected chi connectivity index (χ3v) is 3.07. The number of carbonyl (C=O) groups is 2. The van der Waals surface area contributed by atoms with E-state index in [-0.39, 0.29) is 43.1 Å². The van der Waals surface area contributed by atoms with Gasteiger partial charge in [-0.25, -0.2) is 0 Å². The summed E-state index contributed by atoms with van der Waals surface area (Å²) in [5.74, 6) is -0.637. The van der Waals surface area contributed by atoms with Crippen molar-refractivity contribution >= 4 is 29.9 Å². The van der Waals surface area contributed by atoms with E-state index in [0.29, 0.717) is 6.54 Å². The molecule has 0 radical (unpaired) electrons. The number of nitrogens with zero attached hydrogens (tertiary/aromatic N) is 2. The second-order valence-electron chi connectivity index (χ2n) is 5.02. The first-order chi connectivity index (χ1) is 10.3. The molecule has 0 unspecified atom stereocenters. The van der Waals surface area contributed by atoms with E-state index in [9.17, 15) is 19.7 Å². The normalized spacial score (nSPS) is 9.91. The molecular weight excluding hydrogens is 324 g/mol. The molecule has 23 heavy (non-hydrogen) atoms. The lowest BCUT2D eigenvalue weighted by atomic mass is 10.1. The van der Waals surface area contributed by atoms with Crippen LogP contribution in [0.15, 0.2) is 24.3 Å². The van der Waals surface area contributed by atoms with Gasteiger partial charge >= 0.3 is 0 Å². The van der Waals surface area contributed by atoms with Crippen LogP contribution in [0.3, 0.4) is 0 Å². The summed E-state index contributed by atoms with van der Waals surface area (Å²) in [4.78, 5) is 35.0. The Morgan fingerprint density at radius 3 is 2.30 bits per heavy atom. The van der Waals surface area contributed by atoms with Crippen LogP contribution in [0.25, 0.3) is 0 Å². The van der Waals surface area contributed by atoms with E-state index >= 15 is 0 Å². The number of hydrogen-bond acceptors (Lipinski definition) is 5. The van der Waals surface area contributed by atoms with Gasteiger partial charge in [-0.1, -0.05) is 12.1 Å². The van der Waals surface area contributed by atoms with Crippen molar-refractivity contribution in [1.82, 2.24) is 10.2 Å². The molecule has 8 nitrogen and oxygen atoms in total. The zero-order chi connectivity index (χ0) is 16.7. The predicted octanol–water partition coefficient (Wildman–Crippen LogP) is 0.828. The maximum Gasteiger partial charge on any atom is 0.269 e. The van der Waals surface area contributed by atoms with Gasteiger partial charge in [0.25, 0.3) is 5.69 Å². The smallest absolute Gasteiger partial charge is 0.269 e. The van der Waals surface area contributed by atoms with E-state index in [0.717, 1.165) is 5.56 Å². The maximum absolute atomic E-state index is 12.1. The molecule has 0 saturated carbocycles. The fraction of sp³-hybridized carbons (Fsp3) is 0.429. The molecule has 1 aromatic carbocycles. The summed E-state index contributed by atoms with van der Waals surface area (Å²) in [5, 5.41) is 13.1. The maximum atomic E-state index is 12.1. The molecule has 0 atom stereocenters. The summed E-state index contributed by atoms with van der Waals surface area (Å²) in [6.07, 6.45) is 0. The highest BCUT2D eigenvalue weighted by atomic mass is 35.5. The van der Waals surface area contributed by atoms with E-state index in [1.54, 1.807) is 17.0 Å². The van der Waals surface area contributed by atoms with Gasteiger partial charge in [-0.2, -0.15) is 0 Å². The van der Waals surface area contributed by atoms with Crippen LogP contribution in [0.1, 0.15) is 19.4 Å². The number of nitro benzene ring substituents is 1. The molecule has 0 aromatic heterocycles. The minimum absolute atomic E-state index is 0. The van der Waals surface area contributed by atoms with Crippen LogP contribution < -0.4 is 11.1 Å². The third-order valence-electron chi connectivity index (χ3n) is 3.07. The quantitative estimate of drug-likeness (QED) is 0.561. The zero-order valence-electron chi connectivity index (χ0n) is 13.0. The largest absolute Gasteiger partial charge is 0.346 e. The fourth-order valence-electron chi connectivity index (χ4n) is 1.83. The summed E-state index contributed by atoms with van der Waals surface area (Å²) < 4.78 is 0. The molecule has 0 aliphatic rings. The monoisotopic (exact) mass is 344 g/mol. The number of hydrogen-bond donors (Lipinski definition) is 2. The van der Waals surface area contributed by atoms with E-state index in [1.165, 1.54) is 12.1 Å². The summed E-state index contributed by atoms with van der Waals surface area (Å²) in [6.45, 7) is 3.73. The summed E-state index contributed by atoms with van der Waals surface area (Å²) in [7, 11) is 0. The molecule has 0 bridgehead atoms. The lowest BCUT2D eigenvalue weighted by Crippen LogP contribution is -2.44. The zero-order valence-corrected chi connectivity index (χ0v) is 13.8. The Morgan fingerprint density at radius 2 is 1.87 bits per heavy atom. The molecule has 0 aliphatic heterocycles. The Hall–Kier alpha value is -2.19. The number of nitrogens with two attached hydrogens (primary N) is 1. The number of carbonyl (C=O) groups excluding carboxylic acids is 2. The van der Waals surface area contributed by atoms with Crippen molar-refractivity contribution in [1.29, 1.82) is 0 Å². The van der Waals surface area contributed by atoms with Crippen molar-refractivity contribution in [3.05, 3.63) is 39.9 Å². The van der Waals surface area contributed by atoms with Crippen molar-refractivity contribution in [2.75, 3.05) is 13.1 Å². The van der Waals surface area contributed by atoms with Crippen LogP contribution in [0.4, 0.5) is 5.69 Å². The Balaban J connectivity index is 0.00000484. The van der Waals surface area contributed by atoms with Gasteiger partial charge in [0.2, 0.25) is 11.8 Å². The molecule has 2 amide bonds. The Kier molecular flexibility index (Phi) is 8.82. The van der Waals surface area contributed by atoms with Crippen LogP contribution in [0.2, 0.25) is 0 Å². The van der Waals surface area contributed by atoms with Crippen molar-refractivity contribution < 1.29 is 14.5 Å². The molecular formula is C14H21ClN4O4. The lowest BCUT2D eigenvalue weighted by Gasteiger charge is -2.27.